The second kappa shape index (κ2) is 8.34. The standard InChI is InChI=1S/C21H26N4O4/c1-21(16-24-14-19(25(26)27)22-20(24)29-21)15-23-11-9-18(10-12-23)28-13-5-8-17-6-3-2-4-7-17/h2-8,14,18H,9-13,15-16H2,1H3/b8-5+/t21-/m0/s1. The summed E-state index contributed by atoms with van der Waals surface area (Å²) in [5, 5.41) is 10.8. The van der Waals surface area contributed by atoms with Crippen LogP contribution in [0.1, 0.15) is 25.3 Å². The molecule has 0 radical (unpaired) electrons. The second-order valence-corrected chi connectivity index (χ2v) is 7.94. The fourth-order valence-electron chi connectivity index (χ4n) is 4.01. The molecule has 1 aromatic carbocycles. The Hall–Kier alpha value is -2.71. The minimum absolute atomic E-state index is 0.165. The number of aromatic nitrogens is 2. The van der Waals surface area contributed by atoms with Crippen LogP contribution in [-0.4, -0.2) is 57.3 Å². The molecule has 8 nitrogen and oxygen atoms in total. The highest BCUT2D eigenvalue weighted by Crippen LogP contribution is 2.32. The van der Waals surface area contributed by atoms with Gasteiger partial charge in [-0.25, -0.2) is 0 Å². The number of rotatable bonds is 7. The zero-order valence-corrected chi connectivity index (χ0v) is 16.6. The van der Waals surface area contributed by atoms with E-state index in [4.69, 9.17) is 9.47 Å². The van der Waals surface area contributed by atoms with Gasteiger partial charge >= 0.3 is 11.8 Å². The van der Waals surface area contributed by atoms with E-state index in [9.17, 15) is 10.1 Å². The summed E-state index contributed by atoms with van der Waals surface area (Å²) in [5.41, 5.74) is 0.768. The molecule has 0 unspecified atom stereocenters. The Morgan fingerprint density at radius 3 is 2.79 bits per heavy atom. The number of nitro groups is 1. The van der Waals surface area contributed by atoms with Gasteiger partial charge in [0, 0.05) is 24.6 Å². The summed E-state index contributed by atoms with van der Waals surface area (Å²) in [6.45, 7) is 5.91. The van der Waals surface area contributed by atoms with E-state index in [1.54, 1.807) is 4.57 Å². The molecule has 0 spiro atoms. The lowest BCUT2D eigenvalue weighted by Gasteiger charge is -2.36. The Kier molecular flexibility index (Phi) is 5.64. The summed E-state index contributed by atoms with van der Waals surface area (Å²) in [6.07, 6.45) is 7.86. The summed E-state index contributed by atoms with van der Waals surface area (Å²) in [7, 11) is 0. The first-order chi connectivity index (χ1) is 14.0. The van der Waals surface area contributed by atoms with Crippen molar-refractivity contribution in [2.75, 3.05) is 26.2 Å². The van der Waals surface area contributed by atoms with Gasteiger partial charge in [0.1, 0.15) is 11.8 Å². The molecule has 154 valence electrons. The second-order valence-electron chi connectivity index (χ2n) is 7.94. The summed E-state index contributed by atoms with van der Waals surface area (Å²) in [4.78, 5) is 16.7. The van der Waals surface area contributed by atoms with Crippen LogP contribution in [0.5, 0.6) is 6.01 Å². The summed E-state index contributed by atoms with van der Waals surface area (Å²) >= 11 is 0. The molecule has 8 heteroatoms. The van der Waals surface area contributed by atoms with Crippen molar-refractivity contribution in [1.82, 2.24) is 14.5 Å². The number of ether oxygens (including phenoxy) is 2. The number of nitrogens with zero attached hydrogens (tertiary/aromatic N) is 4. The predicted octanol–water partition coefficient (Wildman–Crippen LogP) is 3.14. The third kappa shape index (κ3) is 4.83. The van der Waals surface area contributed by atoms with Gasteiger partial charge in [-0.2, -0.15) is 0 Å². The zero-order chi connectivity index (χ0) is 20.3. The topological polar surface area (TPSA) is 82.7 Å². The Morgan fingerprint density at radius 1 is 1.34 bits per heavy atom. The molecule has 2 aromatic rings. The molecule has 0 N–H and O–H groups in total. The van der Waals surface area contributed by atoms with Crippen molar-refractivity contribution in [2.45, 2.75) is 38.0 Å². The van der Waals surface area contributed by atoms with Gasteiger partial charge in [-0.15, -0.1) is 0 Å². The van der Waals surface area contributed by atoms with E-state index in [2.05, 4.69) is 34.2 Å². The lowest BCUT2D eigenvalue weighted by Crippen LogP contribution is -2.48. The molecule has 0 bridgehead atoms. The van der Waals surface area contributed by atoms with E-state index in [1.807, 2.05) is 25.1 Å². The van der Waals surface area contributed by atoms with Gasteiger partial charge in [0.2, 0.25) is 0 Å². The maximum absolute atomic E-state index is 10.8. The van der Waals surface area contributed by atoms with Gasteiger partial charge in [-0.1, -0.05) is 42.5 Å². The van der Waals surface area contributed by atoms with Crippen molar-refractivity contribution in [2.24, 2.45) is 0 Å². The lowest BCUT2D eigenvalue weighted by atomic mass is 10.0. The van der Waals surface area contributed by atoms with Gasteiger partial charge in [-0.3, -0.25) is 9.47 Å². The lowest BCUT2D eigenvalue weighted by molar-refractivity contribution is -0.389. The first-order valence-corrected chi connectivity index (χ1v) is 9.97. The van der Waals surface area contributed by atoms with Crippen LogP contribution in [0.3, 0.4) is 0 Å². The fourth-order valence-corrected chi connectivity index (χ4v) is 4.01. The smallest absolute Gasteiger partial charge is 0.415 e. The van der Waals surface area contributed by atoms with Crippen LogP contribution in [0, 0.1) is 10.1 Å². The van der Waals surface area contributed by atoms with Crippen LogP contribution in [0.25, 0.3) is 6.08 Å². The number of hydrogen-bond acceptors (Lipinski definition) is 6. The molecular weight excluding hydrogens is 372 g/mol. The number of fused-ring (bicyclic) bond motifs is 1. The maximum Gasteiger partial charge on any atom is 0.415 e. The van der Waals surface area contributed by atoms with Gasteiger partial charge in [0.25, 0.3) is 0 Å². The average molecular weight is 398 g/mol. The number of imidazole rings is 1. The number of benzene rings is 1. The van der Waals surface area contributed by atoms with E-state index >= 15 is 0 Å². The van der Waals surface area contributed by atoms with Crippen LogP contribution in [0.4, 0.5) is 5.82 Å². The van der Waals surface area contributed by atoms with Gasteiger partial charge in [0.15, 0.2) is 0 Å². The molecule has 0 amide bonds. The van der Waals surface area contributed by atoms with Gasteiger partial charge in [-0.05, 0) is 30.3 Å². The molecule has 1 atom stereocenters. The molecule has 29 heavy (non-hydrogen) atoms. The third-order valence-corrected chi connectivity index (χ3v) is 5.39. The molecule has 4 rings (SSSR count). The van der Waals surface area contributed by atoms with Crippen molar-refractivity contribution < 1.29 is 14.4 Å². The first kappa shape index (κ1) is 19.6. The Labute approximate surface area is 169 Å². The normalized spacial score (nSPS) is 22.7. The Morgan fingerprint density at radius 2 is 2.10 bits per heavy atom. The summed E-state index contributed by atoms with van der Waals surface area (Å²) in [6, 6.07) is 10.5. The van der Waals surface area contributed by atoms with E-state index in [-0.39, 0.29) is 11.9 Å². The summed E-state index contributed by atoms with van der Waals surface area (Å²) < 4.78 is 13.7. The number of likely N-dealkylation sites (tertiary alicyclic amines) is 1. The SMILES string of the molecule is C[C@]1(CN2CCC(OC/C=C/c3ccccc3)CC2)Cn2cc([N+](=O)[O-])nc2O1. The highest BCUT2D eigenvalue weighted by Gasteiger charge is 2.41. The largest absolute Gasteiger partial charge is 0.436 e. The van der Waals surface area contributed by atoms with E-state index < -0.39 is 10.5 Å². The minimum Gasteiger partial charge on any atom is -0.436 e. The predicted molar refractivity (Wildman–Crippen MR) is 109 cm³/mol. The first-order valence-electron chi connectivity index (χ1n) is 9.97. The van der Waals surface area contributed by atoms with Crippen LogP contribution < -0.4 is 4.74 Å². The molecule has 2 aliphatic heterocycles. The Balaban J connectivity index is 1.19. The van der Waals surface area contributed by atoms with E-state index in [0.29, 0.717) is 19.2 Å². The summed E-state index contributed by atoms with van der Waals surface area (Å²) in [5.74, 6) is -0.165. The van der Waals surface area contributed by atoms with Crippen molar-refractivity contribution >= 4 is 11.9 Å². The Bertz CT molecular complexity index is 849. The molecular formula is C21H26N4O4. The molecule has 2 aliphatic rings. The molecule has 1 aromatic heterocycles. The van der Waals surface area contributed by atoms with Crippen molar-refractivity contribution in [3.05, 3.63) is 58.3 Å². The van der Waals surface area contributed by atoms with E-state index in [1.165, 1.54) is 11.8 Å². The molecule has 0 aliphatic carbocycles. The molecule has 0 saturated carbocycles. The van der Waals surface area contributed by atoms with Crippen molar-refractivity contribution in [3.63, 3.8) is 0 Å². The van der Waals surface area contributed by atoms with Crippen LogP contribution >= 0.6 is 0 Å². The third-order valence-electron chi connectivity index (χ3n) is 5.39. The zero-order valence-electron chi connectivity index (χ0n) is 16.6. The van der Waals surface area contributed by atoms with Crippen LogP contribution in [-0.2, 0) is 11.3 Å². The van der Waals surface area contributed by atoms with Crippen molar-refractivity contribution in [1.29, 1.82) is 0 Å². The van der Waals surface area contributed by atoms with Crippen molar-refractivity contribution in [3.8, 4) is 6.01 Å². The number of piperidine rings is 1. The van der Waals surface area contributed by atoms with Crippen LogP contribution in [0.2, 0.25) is 0 Å². The molecule has 3 heterocycles. The minimum atomic E-state index is -0.494. The van der Waals surface area contributed by atoms with Gasteiger partial charge in [0.05, 0.1) is 19.3 Å². The maximum atomic E-state index is 10.8. The quantitative estimate of drug-likeness (QED) is 0.526. The highest BCUT2D eigenvalue weighted by molar-refractivity contribution is 5.48. The highest BCUT2D eigenvalue weighted by atomic mass is 16.6. The monoisotopic (exact) mass is 398 g/mol. The van der Waals surface area contributed by atoms with Crippen LogP contribution in [0.15, 0.2) is 42.6 Å². The molecule has 1 saturated heterocycles. The van der Waals surface area contributed by atoms with Gasteiger partial charge < -0.3 is 19.6 Å². The average Bonchev–Trinajstić information content (AvgIpc) is 3.22. The molecule has 1 fully saturated rings. The fraction of sp³-hybridized carbons (Fsp3) is 0.476. The number of hydrogen-bond donors (Lipinski definition) is 0. The van der Waals surface area contributed by atoms with E-state index in [0.717, 1.165) is 32.5 Å².